The van der Waals surface area contributed by atoms with Gasteiger partial charge in [0.15, 0.2) is 0 Å². The van der Waals surface area contributed by atoms with Gasteiger partial charge in [0.1, 0.15) is 0 Å². The summed E-state index contributed by atoms with van der Waals surface area (Å²) in [6.45, 7) is 5.09. The van der Waals surface area contributed by atoms with Crippen LogP contribution < -0.4 is 11.1 Å². The van der Waals surface area contributed by atoms with Gasteiger partial charge in [0.2, 0.25) is 0 Å². The van der Waals surface area contributed by atoms with Crippen molar-refractivity contribution in [3.05, 3.63) is 35.4 Å². The zero-order valence-electron chi connectivity index (χ0n) is 13.3. The number of carbonyl (C=O) groups is 1. The van der Waals surface area contributed by atoms with Gasteiger partial charge in [0.05, 0.1) is 0 Å². The fourth-order valence-electron chi connectivity index (χ4n) is 3.50. The van der Waals surface area contributed by atoms with Gasteiger partial charge in [-0.3, -0.25) is 4.79 Å². The molecule has 1 aliphatic carbocycles. The molecule has 21 heavy (non-hydrogen) atoms. The average molecular weight is 288 g/mol. The van der Waals surface area contributed by atoms with E-state index in [9.17, 15) is 4.79 Å². The monoisotopic (exact) mass is 288 g/mol. The fraction of sp³-hybridized carbons (Fsp3) is 0.611. The molecule has 0 spiro atoms. The van der Waals surface area contributed by atoms with Crippen molar-refractivity contribution in [3.63, 3.8) is 0 Å². The van der Waals surface area contributed by atoms with Crippen molar-refractivity contribution in [1.29, 1.82) is 0 Å². The molecule has 0 bridgehead atoms. The highest BCUT2D eigenvalue weighted by molar-refractivity contribution is 5.95. The maximum atomic E-state index is 12.6. The molecule has 0 radical (unpaired) electrons. The Labute approximate surface area is 128 Å². The molecule has 0 aliphatic heterocycles. The number of nitrogens with two attached hydrogens (primary N) is 1. The predicted molar refractivity (Wildman–Crippen MR) is 87.3 cm³/mol. The Morgan fingerprint density at radius 2 is 2.00 bits per heavy atom. The second-order valence-electron chi connectivity index (χ2n) is 6.47. The third kappa shape index (κ3) is 4.07. The van der Waals surface area contributed by atoms with Crippen LogP contribution in [0.4, 0.5) is 0 Å². The summed E-state index contributed by atoms with van der Waals surface area (Å²) in [5.41, 5.74) is 7.48. The first-order chi connectivity index (χ1) is 10.1. The Bertz CT molecular complexity index is 470. The number of hydrogen-bond acceptors (Lipinski definition) is 2. The molecule has 1 aliphatic rings. The molecule has 1 aromatic carbocycles. The lowest BCUT2D eigenvalue weighted by atomic mass is 9.77. The first-order valence-electron chi connectivity index (χ1n) is 8.22. The van der Waals surface area contributed by atoms with Crippen molar-refractivity contribution in [1.82, 2.24) is 5.32 Å². The zero-order chi connectivity index (χ0) is 15.2. The minimum absolute atomic E-state index is 0.0663. The topological polar surface area (TPSA) is 55.1 Å². The van der Waals surface area contributed by atoms with E-state index in [-0.39, 0.29) is 5.91 Å². The van der Waals surface area contributed by atoms with E-state index < -0.39 is 0 Å². The molecule has 0 aromatic heterocycles. The number of hydrogen-bond donors (Lipinski definition) is 2. The molecule has 0 heterocycles. The molecular formula is C18H28N2O. The lowest BCUT2D eigenvalue weighted by Crippen LogP contribution is -2.44. The molecule has 0 saturated heterocycles. The van der Waals surface area contributed by atoms with E-state index in [4.69, 9.17) is 5.73 Å². The number of nitrogens with one attached hydrogen (secondary N) is 1. The smallest absolute Gasteiger partial charge is 0.251 e. The number of amides is 1. The Hall–Kier alpha value is -1.35. The highest BCUT2D eigenvalue weighted by Crippen LogP contribution is 2.30. The summed E-state index contributed by atoms with van der Waals surface area (Å²) in [5, 5.41) is 3.29. The highest BCUT2D eigenvalue weighted by atomic mass is 16.1. The van der Waals surface area contributed by atoms with Crippen LogP contribution in [-0.2, 0) is 6.42 Å². The molecule has 2 atom stereocenters. The van der Waals surface area contributed by atoms with Gasteiger partial charge in [-0.25, -0.2) is 0 Å². The van der Waals surface area contributed by atoms with Crippen LogP contribution >= 0.6 is 0 Å². The van der Waals surface area contributed by atoms with Crippen LogP contribution in [0.3, 0.4) is 0 Å². The molecule has 116 valence electrons. The van der Waals surface area contributed by atoms with E-state index in [1.165, 1.54) is 19.3 Å². The molecule has 1 aromatic rings. The summed E-state index contributed by atoms with van der Waals surface area (Å²) in [7, 11) is 0. The lowest BCUT2D eigenvalue weighted by molar-refractivity contribution is 0.0888. The van der Waals surface area contributed by atoms with Gasteiger partial charge in [-0.1, -0.05) is 44.9 Å². The average Bonchev–Trinajstić information content (AvgIpc) is 2.48. The summed E-state index contributed by atoms with van der Waals surface area (Å²) < 4.78 is 0. The van der Waals surface area contributed by atoms with Gasteiger partial charge in [-0.15, -0.1) is 0 Å². The second-order valence-corrected chi connectivity index (χ2v) is 6.47. The van der Waals surface area contributed by atoms with E-state index in [2.05, 4.69) is 19.2 Å². The Balaban J connectivity index is 2.09. The quantitative estimate of drug-likeness (QED) is 0.874. The third-order valence-corrected chi connectivity index (χ3v) is 4.67. The van der Waals surface area contributed by atoms with Crippen LogP contribution in [0, 0.1) is 11.8 Å². The fourth-order valence-corrected chi connectivity index (χ4v) is 3.50. The van der Waals surface area contributed by atoms with Gasteiger partial charge in [-0.05, 0) is 49.3 Å². The minimum atomic E-state index is 0.0663. The van der Waals surface area contributed by atoms with Crippen molar-refractivity contribution in [2.24, 2.45) is 17.6 Å². The molecule has 1 saturated carbocycles. The van der Waals surface area contributed by atoms with Gasteiger partial charge in [-0.2, -0.15) is 0 Å². The van der Waals surface area contributed by atoms with Crippen LogP contribution in [0.5, 0.6) is 0 Å². The van der Waals surface area contributed by atoms with Gasteiger partial charge in [0.25, 0.3) is 5.91 Å². The SMILES string of the molecule is CC(C)C1CCCCC1NC(=O)c1ccccc1CCN. The van der Waals surface area contributed by atoms with Gasteiger partial charge < -0.3 is 11.1 Å². The van der Waals surface area contributed by atoms with E-state index >= 15 is 0 Å². The van der Waals surface area contributed by atoms with E-state index in [0.29, 0.717) is 24.4 Å². The number of rotatable bonds is 5. The van der Waals surface area contributed by atoms with Crippen LogP contribution in [0.1, 0.15) is 55.5 Å². The number of benzene rings is 1. The van der Waals surface area contributed by atoms with Gasteiger partial charge >= 0.3 is 0 Å². The van der Waals surface area contributed by atoms with Crippen molar-refractivity contribution < 1.29 is 4.79 Å². The molecule has 1 amide bonds. The maximum absolute atomic E-state index is 12.6. The van der Waals surface area contributed by atoms with Crippen molar-refractivity contribution >= 4 is 5.91 Å². The third-order valence-electron chi connectivity index (χ3n) is 4.67. The predicted octanol–water partition coefficient (Wildman–Crippen LogP) is 3.13. The summed E-state index contributed by atoms with van der Waals surface area (Å²) in [4.78, 5) is 12.6. The van der Waals surface area contributed by atoms with Gasteiger partial charge in [0, 0.05) is 11.6 Å². The Morgan fingerprint density at radius 3 is 2.71 bits per heavy atom. The molecule has 3 nitrogen and oxygen atoms in total. The molecular weight excluding hydrogens is 260 g/mol. The zero-order valence-corrected chi connectivity index (χ0v) is 13.3. The Kier molecular flexibility index (Phi) is 5.80. The van der Waals surface area contributed by atoms with Crippen molar-refractivity contribution in [2.75, 3.05) is 6.54 Å². The molecule has 3 heteroatoms. The second kappa shape index (κ2) is 7.60. The normalized spacial score (nSPS) is 22.3. The van der Waals surface area contributed by atoms with E-state index in [1.807, 2.05) is 24.3 Å². The summed E-state index contributed by atoms with van der Waals surface area (Å²) >= 11 is 0. The number of carbonyl (C=O) groups excluding carboxylic acids is 1. The van der Waals surface area contributed by atoms with E-state index in [0.717, 1.165) is 24.0 Å². The minimum Gasteiger partial charge on any atom is -0.349 e. The van der Waals surface area contributed by atoms with Crippen LogP contribution in [0.2, 0.25) is 0 Å². The molecule has 1 fully saturated rings. The van der Waals surface area contributed by atoms with Crippen LogP contribution in [-0.4, -0.2) is 18.5 Å². The van der Waals surface area contributed by atoms with Crippen LogP contribution in [0.25, 0.3) is 0 Å². The highest BCUT2D eigenvalue weighted by Gasteiger charge is 2.29. The van der Waals surface area contributed by atoms with Crippen molar-refractivity contribution in [2.45, 2.75) is 52.0 Å². The first-order valence-corrected chi connectivity index (χ1v) is 8.22. The summed E-state index contributed by atoms with van der Waals surface area (Å²) in [6.07, 6.45) is 5.60. The van der Waals surface area contributed by atoms with Crippen molar-refractivity contribution in [3.8, 4) is 0 Å². The molecule has 3 N–H and O–H groups in total. The molecule has 2 unspecified atom stereocenters. The summed E-state index contributed by atoms with van der Waals surface area (Å²) in [6, 6.07) is 8.13. The first kappa shape index (κ1) is 16.0. The van der Waals surface area contributed by atoms with E-state index in [1.54, 1.807) is 0 Å². The molecule has 2 rings (SSSR count). The lowest BCUT2D eigenvalue weighted by Gasteiger charge is -2.35. The summed E-state index contributed by atoms with van der Waals surface area (Å²) in [5.74, 6) is 1.29. The standard InChI is InChI=1S/C18H28N2O/c1-13(2)15-8-5-6-10-17(15)20-18(21)16-9-4-3-7-14(16)11-12-19/h3-4,7,9,13,15,17H,5-6,8,10-12,19H2,1-2H3,(H,20,21). The maximum Gasteiger partial charge on any atom is 0.251 e. The Morgan fingerprint density at radius 1 is 1.29 bits per heavy atom. The van der Waals surface area contributed by atoms with Crippen LogP contribution in [0.15, 0.2) is 24.3 Å². The largest absolute Gasteiger partial charge is 0.349 e.